The van der Waals surface area contributed by atoms with Gasteiger partial charge in [0.2, 0.25) is 0 Å². The second-order valence-electron chi connectivity index (χ2n) is 8.05. The number of benzene rings is 1. The summed E-state index contributed by atoms with van der Waals surface area (Å²) in [5, 5.41) is 13.0. The maximum Gasteiger partial charge on any atom is 0.124 e. The fourth-order valence-electron chi connectivity index (χ4n) is 4.26. The van der Waals surface area contributed by atoms with Gasteiger partial charge in [0.1, 0.15) is 17.5 Å². The van der Waals surface area contributed by atoms with Gasteiger partial charge in [-0.2, -0.15) is 5.10 Å². The molecule has 32 heavy (non-hydrogen) atoms. The molecule has 1 aromatic carbocycles. The molecule has 0 amide bonds. The van der Waals surface area contributed by atoms with E-state index in [-0.39, 0.29) is 6.10 Å². The zero-order valence-corrected chi connectivity index (χ0v) is 19.1. The topological polar surface area (TPSA) is 75.7 Å². The van der Waals surface area contributed by atoms with Crippen LogP contribution >= 0.6 is 23.2 Å². The van der Waals surface area contributed by atoms with Gasteiger partial charge in [-0.05, 0) is 63.2 Å². The van der Waals surface area contributed by atoms with Crippen LogP contribution < -0.4 is 10.1 Å². The van der Waals surface area contributed by atoms with Crippen molar-refractivity contribution in [2.24, 2.45) is 0 Å². The van der Waals surface area contributed by atoms with Crippen LogP contribution in [0.25, 0.3) is 22.2 Å². The number of piperidine rings is 1. The molecule has 3 aromatic heterocycles. The number of halogens is 2. The molecule has 6 nitrogen and oxygen atoms in total. The number of aromatic nitrogens is 4. The number of H-pyrrole nitrogens is 1. The van der Waals surface area contributed by atoms with Gasteiger partial charge >= 0.3 is 0 Å². The largest absolute Gasteiger partial charge is 0.486 e. The summed E-state index contributed by atoms with van der Waals surface area (Å²) in [6.07, 6.45) is 6.97. The van der Waals surface area contributed by atoms with E-state index in [0.717, 1.165) is 53.8 Å². The van der Waals surface area contributed by atoms with E-state index in [1.807, 2.05) is 31.3 Å². The van der Waals surface area contributed by atoms with E-state index in [1.165, 1.54) is 0 Å². The quantitative estimate of drug-likeness (QED) is 0.380. The number of pyridine rings is 2. The van der Waals surface area contributed by atoms with Gasteiger partial charge < -0.3 is 10.1 Å². The monoisotopic (exact) mass is 467 g/mol. The number of nitrogens with zero attached hydrogens (tertiary/aromatic N) is 3. The van der Waals surface area contributed by atoms with Crippen LogP contribution in [-0.2, 0) is 0 Å². The molecule has 0 saturated carbocycles. The Bertz CT molecular complexity index is 1210. The zero-order chi connectivity index (χ0) is 22.1. The van der Waals surface area contributed by atoms with E-state index in [4.69, 9.17) is 32.9 Å². The molecule has 0 unspecified atom stereocenters. The van der Waals surface area contributed by atoms with E-state index in [2.05, 4.69) is 32.6 Å². The van der Waals surface area contributed by atoms with Gasteiger partial charge in [-0.1, -0.05) is 23.2 Å². The third kappa shape index (κ3) is 4.18. The first-order valence-electron chi connectivity index (χ1n) is 10.7. The van der Waals surface area contributed by atoms with Crippen molar-refractivity contribution in [3.63, 3.8) is 0 Å². The van der Waals surface area contributed by atoms with Crippen molar-refractivity contribution in [2.45, 2.75) is 31.8 Å². The first-order chi connectivity index (χ1) is 15.6. The van der Waals surface area contributed by atoms with E-state index in [1.54, 1.807) is 12.4 Å². The van der Waals surface area contributed by atoms with Crippen LogP contribution in [0.2, 0.25) is 10.0 Å². The summed E-state index contributed by atoms with van der Waals surface area (Å²) < 4.78 is 6.17. The highest BCUT2D eigenvalue weighted by Gasteiger charge is 2.19. The summed E-state index contributed by atoms with van der Waals surface area (Å²) in [5.41, 5.74) is 4.62. The lowest BCUT2D eigenvalue weighted by Crippen LogP contribution is -2.26. The summed E-state index contributed by atoms with van der Waals surface area (Å²) in [7, 11) is 0. The van der Waals surface area contributed by atoms with E-state index >= 15 is 0 Å². The maximum atomic E-state index is 6.29. The molecular weight excluding hydrogens is 445 g/mol. The molecule has 1 aliphatic heterocycles. The number of hydrogen-bond donors (Lipinski definition) is 2. The summed E-state index contributed by atoms with van der Waals surface area (Å²) in [6, 6.07) is 10.1. The molecule has 4 aromatic rings. The number of ether oxygens (including phenoxy) is 1. The van der Waals surface area contributed by atoms with Gasteiger partial charge in [-0.25, -0.2) is 0 Å². The normalized spacial score (nSPS) is 15.7. The molecule has 1 aliphatic rings. The SMILES string of the molecule is C[C@@H](Oc1ccc2[nH]nc(-c3ccc(C4CCNCC4)nc3)c2c1)c1c(Cl)cncc1Cl. The first-order valence-corrected chi connectivity index (χ1v) is 11.5. The van der Waals surface area contributed by atoms with Crippen molar-refractivity contribution >= 4 is 34.1 Å². The van der Waals surface area contributed by atoms with E-state index in [9.17, 15) is 0 Å². The molecule has 2 N–H and O–H groups in total. The Balaban J connectivity index is 1.41. The highest BCUT2D eigenvalue weighted by Crippen LogP contribution is 2.35. The van der Waals surface area contributed by atoms with Gasteiger partial charge in [0, 0.05) is 46.7 Å². The third-order valence-electron chi connectivity index (χ3n) is 5.96. The summed E-state index contributed by atoms with van der Waals surface area (Å²) >= 11 is 12.6. The summed E-state index contributed by atoms with van der Waals surface area (Å²) in [5.74, 6) is 1.23. The Morgan fingerprint density at radius 1 is 1.03 bits per heavy atom. The molecule has 8 heteroatoms. The average molecular weight is 468 g/mol. The van der Waals surface area contributed by atoms with Crippen LogP contribution in [-0.4, -0.2) is 33.3 Å². The predicted octanol–water partition coefficient (Wildman–Crippen LogP) is 5.93. The molecular formula is C24H23Cl2N5O. The molecule has 5 rings (SSSR count). The van der Waals surface area contributed by atoms with Crippen molar-refractivity contribution in [3.8, 4) is 17.0 Å². The Morgan fingerprint density at radius 3 is 2.53 bits per heavy atom. The highest BCUT2D eigenvalue weighted by atomic mass is 35.5. The van der Waals surface area contributed by atoms with Crippen LogP contribution in [0.4, 0.5) is 0 Å². The van der Waals surface area contributed by atoms with Gasteiger partial charge in [-0.15, -0.1) is 0 Å². The fourth-order valence-corrected chi connectivity index (χ4v) is 4.94. The van der Waals surface area contributed by atoms with Gasteiger partial charge in [0.25, 0.3) is 0 Å². The van der Waals surface area contributed by atoms with Crippen molar-refractivity contribution < 1.29 is 4.74 Å². The van der Waals surface area contributed by atoms with Crippen LogP contribution in [0.1, 0.15) is 43.0 Å². The minimum absolute atomic E-state index is 0.336. The molecule has 1 atom stereocenters. The minimum atomic E-state index is -0.336. The lowest BCUT2D eigenvalue weighted by molar-refractivity contribution is 0.227. The Labute approximate surface area is 196 Å². The zero-order valence-electron chi connectivity index (χ0n) is 17.6. The Morgan fingerprint density at radius 2 is 1.81 bits per heavy atom. The molecule has 0 radical (unpaired) electrons. The number of fused-ring (bicyclic) bond motifs is 1. The van der Waals surface area contributed by atoms with Gasteiger partial charge in [-0.3, -0.25) is 15.1 Å². The smallest absolute Gasteiger partial charge is 0.124 e. The predicted molar refractivity (Wildman–Crippen MR) is 127 cm³/mol. The molecule has 164 valence electrons. The first kappa shape index (κ1) is 21.2. The van der Waals surface area contributed by atoms with E-state index < -0.39 is 0 Å². The second-order valence-corrected chi connectivity index (χ2v) is 8.87. The average Bonchev–Trinajstić information content (AvgIpc) is 3.23. The Hall–Kier alpha value is -2.67. The van der Waals surface area contributed by atoms with Crippen molar-refractivity contribution in [1.82, 2.24) is 25.5 Å². The fraction of sp³-hybridized carbons (Fsp3) is 0.292. The lowest BCUT2D eigenvalue weighted by Gasteiger charge is -2.22. The summed E-state index contributed by atoms with van der Waals surface area (Å²) in [6.45, 7) is 4.02. The molecule has 0 spiro atoms. The molecule has 4 heterocycles. The number of nitrogens with one attached hydrogen (secondary N) is 2. The molecule has 1 fully saturated rings. The lowest BCUT2D eigenvalue weighted by atomic mass is 9.94. The van der Waals surface area contributed by atoms with Crippen LogP contribution in [0.5, 0.6) is 5.75 Å². The van der Waals surface area contributed by atoms with Gasteiger partial charge in [0.05, 0.1) is 15.6 Å². The van der Waals surface area contributed by atoms with Gasteiger partial charge in [0.15, 0.2) is 0 Å². The molecule has 0 aliphatic carbocycles. The second kappa shape index (κ2) is 9.06. The summed E-state index contributed by atoms with van der Waals surface area (Å²) in [4.78, 5) is 8.75. The van der Waals surface area contributed by atoms with Crippen LogP contribution in [0.15, 0.2) is 48.9 Å². The van der Waals surface area contributed by atoms with Crippen LogP contribution in [0, 0.1) is 0 Å². The van der Waals surface area contributed by atoms with Crippen molar-refractivity contribution in [2.75, 3.05) is 13.1 Å². The minimum Gasteiger partial charge on any atom is -0.486 e. The third-order valence-corrected chi connectivity index (χ3v) is 6.56. The van der Waals surface area contributed by atoms with Crippen molar-refractivity contribution in [3.05, 3.63) is 70.2 Å². The van der Waals surface area contributed by atoms with Crippen molar-refractivity contribution in [1.29, 1.82) is 0 Å². The Kier molecular flexibility index (Phi) is 6.00. The standard InChI is InChI=1S/C24H23Cl2N5O/c1-14(23-19(25)12-28-13-20(23)26)32-17-3-5-22-18(10-17)24(31-30-22)16-2-4-21(29-11-16)15-6-8-27-9-7-15/h2-5,10-15,27H,6-9H2,1H3,(H,30,31)/t14-/m1/s1. The van der Waals surface area contributed by atoms with Crippen LogP contribution in [0.3, 0.4) is 0 Å². The molecule has 1 saturated heterocycles. The number of aromatic amines is 1. The number of hydrogen-bond acceptors (Lipinski definition) is 5. The highest BCUT2D eigenvalue weighted by molar-refractivity contribution is 6.35. The maximum absolute atomic E-state index is 6.29. The van der Waals surface area contributed by atoms with E-state index in [0.29, 0.717) is 27.3 Å². The number of rotatable bonds is 5. The molecule has 0 bridgehead atoms.